The Morgan fingerprint density at radius 1 is 1.08 bits per heavy atom. The second-order valence-electron chi connectivity index (χ2n) is 4.83. The lowest BCUT2D eigenvalue weighted by molar-refractivity contribution is -0.123. The van der Waals surface area contributed by atoms with Crippen LogP contribution in [0.5, 0.6) is 5.75 Å². The fourth-order valence-electron chi connectivity index (χ4n) is 1.86. The second kappa shape index (κ2) is 8.57. The summed E-state index contributed by atoms with van der Waals surface area (Å²) < 4.78 is 9.96. The third-order valence-electron chi connectivity index (χ3n) is 3.12. The molecule has 2 rings (SSSR count). The van der Waals surface area contributed by atoms with Gasteiger partial charge in [0.15, 0.2) is 6.61 Å². The van der Waals surface area contributed by atoms with E-state index in [0.29, 0.717) is 27.9 Å². The number of ether oxygens (including phenoxy) is 2. The summed E-state index contributed by atoms with van der Waals surface area (Å²) in [4.78, 5) is 23.2. The topological polar surface area (TPSA) is 64.6 Å². The molecule has 0 aliphatic heterocycles. The average molecular weight is 368 g/mol. The van der Waals surface area contributed by atoms with E-state index in [-0.39, 0.29) is 12.5 Å². The van der Waals surface area contributed by atoms with Crippen molar-refractivity contribution in [2.24, 2.45) is 0 Å². The molecule has 0 saturated heterocycles. The molecule has 0 spiro atoms. The zero-order valence-corrected chi connectivity index (χ0v) is 14.4. The normalized spacial score (nSPS) is 10.1. The lowest BCUT2D eigenvalue weighted by atomic mass is 10.1. The van der Waals surface area contributed by atoms with E-state index in [4.69, 9.17) is 27.9 Å². The first kappa shape index (κ1) is 18.1. The average Bonchev–Trinajstić information content (AvgIpc) is 2.60. The van der Waals surface area contributed by atoms with E-state index in [1.807, 2.05) is 0 Å². The number of halogens is 2. The largest absolute Gasteiger partial charge is 0.482 e. The van der Waals surface area contributed by atoms with Gasteiger partial charge in [-0.3, -0.25) is 4.79 Å². The molecule has 5 nitrogen and oxygen atoms in total. The van der Waals surface area contributed by atoms with E-state index in [1.54, 1.807) is 42.5 Å². The molecule has 2 aromatic rings. The third kappa shape index (κ3) is 5.15. The van der Waals surface area contributed by atoms with Crippen molar-refractivity contribution in [3.05, 3.63) is 63.6 Å². The van der Waals surface area contributed by atoms with Crippen LogP contribution in [-0.4, -0.2) is 25.6 Å². The van der Waals surface area contributed by atoms with Gasteiger partial charge < -0.3 is 14.8 Å². The first-order valence-electron chi connectivity index (χ1n) is 7.01. The summed E-state index contributed by atoms with van der Waals surface area (Å²) in [5.74, 6) is -0.359. The lowest BCUT2D eigenvalue weighted by Gasteiger charge is -2.09. The predicted molar refractivity (Wildman–Crippen MR) is 91.6 cm³/mol. The van der Waals surface area contributed by atoms with Gasteiger partial charge >= 0.3 is 5.97 Å². The van der Waals surface area contributed by atoms with Crippen LogP contribution in [0.1, 0.15) is 15.9 Å². The Morgan fingerprint density at radius 2 is 1.79 bits per heavy atom. The predicted octanol–water partition coefficient (Wildman–Crippen LogP) is 3.48. The van der Waals surface area contributed by atoms with Crippen LogP contribution >= 0.6 is 23.2 Å². The molecule has 1 N–H and O–H groups in total. The number of amides is 1. The van der Waals surface area contributed by atoms with Crippen molar-refractivity contribution in [3.8, 4) is 5.75 Å². The first-order valence-corrected chi connectivity index (χ1v) is 7.77. The maximum absolute atomic E-state index is 11.8. The van der Waals surface area contributed by atoms with Crippen LogP contribution in [0.4, 0.5) is 0 Å². The Morgan fingerprint density at radius 3 is 2.46 bits per heavy atom. The molecule has 1 amide bonds. The summed E-state index contributed by atoms with van der Waals surface area (Å²) in [6.45, 7) is 0.132. The fraction of sp³-hybridized carbons (Fsp3) is 0.176. The van der Waals surface area contributed by atoms with E-state index in [0.717, 1.165) is 5.56 Å². The van der Waals surface area contributed by atoms with Crippen LogP contribution in [-0.2, 0) is 16.1 Å². The zero-order valence-electron chi connectivity index (χ0n) is 12.8. The number of benzene rings is 2. The van der Waals surface area contributed by atoms with Crippen LogP contribution in [0.3, 0.4) is 0 Å². The SMILES string of the molecule is COC(=O)c1ccc(CNC(=O)COc2cc(Cl)ccc2Cl)cc1. The molecule has 0 radical (unpaired) electrons. The summed E-state index contributed by atoms with van der Waals surface area (Å²) in [7, 11) is 1.32. The van der Waals surface area contributed by atoms with E-state index in [2.05, 4.69) is 10.1 Å². The molecular weight excluding hydrogens is 353 g/mol. The minimum absolute atomic E-state index is 0.180. The Labute approximate surface area is 149 Å². The van der Waals surface area contributed by atoms with Gasteiger partial charge in [-0.25, -0.2) is 4.79 Å². The number of hydrogen-bond acceptors (Lipinski definition) is 4. The fourth-order valence-corrected chi connectivity index (χ4v) is 2.19. The zero-order chi connectivity index (χ0) is 17.5. The van der Waals surface area contributed by atoms with Crippen LogP contribution in [0.2, 0.25) is 10.0 Å². The Kier molecular flexibility index (Phi) is 6.46. The number of nitrogens with one attached hydrogen (secondary N) is 1. The molecule has 0 aromatic heterocycles. The number of methoxy groups -OCH3 is 1. The standard InChI is InChI=1S/C17H15Cl2NO4/c1-23-17(22)12-4-2-11(3-5-12)9-20-16(21)10-24-15-8-13(18)6-7-14(15)19/h2-8H,9-10H2,1H3,(H,20,21). The summed E-state index contributed by atoms with van der Waals surface area (Å²) in [6.07, 6.45) is 0. The number of carbonyl (C=O) groups is 2. The Bertz CT molecular complexity index is 732. The van der Waals surface area contributed by atoms with Crippen molar-refractivity contribution in [1.82, 2.24) is 5.32 Å². The van der Waals surface area contributed by atoms with Gasteiger partial charge in [-0.2, -0.15) is 0 Å². The molecule has 7 heteroatoms. The summed E-state index contributed by atoms with van der Waals surface area (Å²) in [5.41, 5.74) is 1.29. The molecule has 0 atom stereocenters. The van der Waals surface area contributed by atoms with Crippen molar-refractivity contribution in [2.75, 3.05) is 13.7 Å². The number of carbonyl (C=O) groups excluding carboxylic acids is 2. The number of esters is 1. The van der Waals surface area contributed by atoms with Crippen molar-refractivity contribution in [1.29, 1.82) is 0 Å². The molecular formula is C17H15Cl2NO4. The van der Waals surface area contributed by atoms with E-state index >= 15 is 0 Å². The molecule has 0 fully saturated rings. The van der Waals surface area contributed by atoms with Gasteiger partial charge in [0, 0.05) is 17.6 Å². The van der Waals surface area contributed by atoms with Gasteiger partial charge in [0.25, 0.3) is 5.91 Å². The Hall–Kier alpha value is -2.24. The third-order valence-corrected chi connectivity index (χ3v) is 3.66. The van der Waals surface area contributed by atoms with Gasteiger partial charge in [0.1, 0.15) is 5.75 Å². The molecule has 0 aliphatic carbocycles. The van der Waals surface area contributed by atoms with Gasteiger partial charge in [-0.05, 0) is 29.8 Å². The van der Waals surface area contributed by atoms with Gasteiger partial charge in [-0.1, -0.05) is 35.3 Å². The molecule has 24 heavy (non-hydrogen) atoms. The number of hydrogen-bond donors (Lipinski definition) is 1. The molecule has 0 heterocycles. The van der Waals surface area contributed by atoms with Crippen molar-refractivity contribution < 1.29 is 19.1 Å². The van der Waals surface area contributed by atoms with Crippen LogP contribution < -0.4 is 10.1 Å². The highest BCUT2D eigenvalue weighted by Gasteiger charge is 2.08. The van der Waals surface area contributed by atoms with Gasteiger partial charge in [0.05, 0.1) is 17.7 Å². The minimum atomic E-state index is -0.405. The maximum atomic E-state index is 11.8. The van der Waals surface area contributed by atoms with Crippen LogP contribution in [0.15, 0.2) is 42.5 Å². The smallest absolute Gasteiger partial charge is 0.337 e. The highest BCUT2D eigenvalue weighted by atomic mass is 35.5. The van der Waals surface area contributed by atoms with Crippen LogP contribution in [0.25, 0.3) is 0 Å². The van der Waals surface area contributed by atoms with Gasteiger partial charge in [-0.15, -0.1) is 0 Å². The van der Waals surface area contributed by atoms with E-state index in [1.165, 1.54) is 7.11 Å². The summed E-state index contributed by atoms with van der Waals surface area (Å²) in [6, 6.07) is 11.5. The van der Waals surface area contributed by atoms with Crippen molar-refractivity contribution >= 4 is 35.1 Å². The second-order valence-corrected chi connectivity index (χ2v) is 5.67. The van der Waals surface area contributed by atoms with Gasteiger partial charge in [0.2, 0.25) is 0 Å². The Balaban J connectivity index is 1.82. The molecule has 2 aromatic carbocycles. The molecule has 0 saturated carbocycles. The minimum Gasteiger partial charge on any atom is -0.482 e. The molecule has 126 valence electrons. The highest BCUT2D eigenvalue weighted by Crippen LogP contribution is 2.27. The quantitative estimate of drug-likeness (QED) is 0.793. The monoisotopic (exact) mass is 367 g/mol. The molecule has 0 aliphatic rings. The maximum Gasteiger partial charge on any atom is 0.337 e. The molecule has 0 unspecified atom stereocenters. The van der Waals surface area contributed by atoms with Crippen LogP contribution in [0, 0.1) is 0 Å². The number of rotatable bonds is 6. The van der Waals surface area contributed by atoms with E-state index < -0.39 is 5.97 Å². The lowest BCUT2D eigenvalue weighted by Crippen LogP contribution is -2.28. The summed E-state index contributed by atoms with van der Waals surface area (Å²) in [5, 5.41) is 3.56. The van der Waals surface area contributed by atoms with E-state index in [9.17, 15) is 9.59 Å². The first-order chi connectivity index (χ1) is 11.5. The summed E-state index contributed by atoms with van der Waals surface area (Å²) >= 11 is 11.8. The van der Waals surface area contributed by atoms with Crippen molar-refractivity contribution in [2.45, 2.75) is 6.54 Å². The van der Waals surface area contributed by atoms with Crippen molar-refractivity contribution in [3.63, 3.8) is 0 Å². The molecule has 0 bridgehead atoms. The highest BCUT2D eigenvalue weighted by molar-refractivity contribution is 6.34.